The summed E-state index contributed by atoms with van der Waals surface area (Å²) in [6.07, 6.45) is 0.995. The maximum Gasteiger partial charge on any atom is 0.234 e. The van der Waals surface area contributed by atoms with E-state index in [1.807, 2.05) is 54.6 Å². The summed E-state index contributed by atoms with van der Waals surface area (Å²) < 4.78 is 17.3. The highest BCUT2D eigenvalue weighted by atomic mass is 16.5. The first-order valence-corrected chi connectivity index (χ1v) is 8.96. The van der Waals surface area contributed by atoms with Crippen molar-refractivity contribution >= 4 is 11.1 Å². The van der Waals surface area contributed by atoms with E-state index in [9.17, 15) is 5.11 Å². The molecule has 0 spiro atoms. The predicted molar refractivity (Wildman–Crippen MR) is 106 cm³/mol. The van der Waals surface area contributed by atoms with Crippen molar-refractivity contribution in [3.05, 3.63) is 60.9 Å². The Balaban J connectivity index is 1.99. The zero-order chi connectivity index (χ0) is 19.5. The van der Waals surface area contributed by atoms with Crippen LogP contribution >= 0.6 is 0 Å². The van der Waals surface area contributed by atoms with Crippen molar-refractivity contribution in [1.82, 2.24) is 9.97 Å². The number of methoxy groups -OCH3 is 1. The highest BCUT2D eigenvalue weighted by Crippen LogP contribution is 2.43. The average Bonchev–Trinajstić information content (AvgIpc) is 3.15. The molecule has 142 valence electrons. The fraction of sp³-hybridized carbons (Fsp3) is 0.182. The van der Waals surface area contributed by atoms with E-state index in [0.717, 1.165) is 22.4 Å². The lowest BCUT2D eigenvalue weighted by molar-refractivity contribution is 0.126. The van der Waals surface area contributed by atoms with Gasteiger partial charge in [-0.2, -0.15) is 0 Å². The molecule has 0 aliphatic carbocycles. The fourth-order valence-electron chi connectivity index (χ4n) is 3.05. The van der Waals surface area contributed by atoms with Crippen molar-refractivity contribution in [3.63, 3.8) is 0 Å². The van der Waals surface area contributed by atoms with Crippen LogP contribution in [0.1, 0.15) is 6.92 Å². The summed E-state index contributed by atoms with van der Waals surface area (Å²) in [5.74, 6) is 1.82. The Bertz CT molecular complexity index is 1080. The van der Waals surface area contributed by atoms with Gasteiger partial charge in [-0.3, -0.25) is 0 Å². The number of hydrogen-bond donors (Lipinski definition) is 1. The number of aliphatic hydroxyl groups excluding tert-OH is 1. The van der Waals surface area contributed by atoms with Gasteiger partial charge >= 0.3 is 0 Å². The number of nitrogens with zero attached hydrogens (tertiary/aromatic N) is 2. The molecule has 28 heavy (non-hydrogen) atoms. The number of rotatable bonds is 6. The van der Waals surface area contributed by atoms with E-state index in [-0.39, 0.29) is 6.61 Å². The van der Waals surface area contributed by atoms with Gasteiger partial charge in [0.05, 0.1) is 13.7 Å². The maximum absolute atomic E-state index is 9.39. The zero-order valence-corrected chi connectivity index (χ0v) is 15.6. The number of aromatic nitrogens is 2. The lowest BCUT2D eigenvalue weighted by Crippen LogP contribution is -2.17. The van der Waals surface area contributed by atoms with E-state index < -0.39 is 6.10 Å². The monoisotopic (exact) mass is 376 g/mol. The SMILES string of the molecule is COc1ccc(-c2c(-c3ccccc3)oc3ncnc(O[C@H](C)CO)c23)cc1. The molecule has 0 aliphatic rings. The Kier molecular flexibility index (Phi) is 4.95. The van der Waals surface area contributed by atoms with Crippen molar-refractivity contribution in [2.45, 2.75) is 13.0 Å². The van der Waals surface area contributed by atoms with Crippen LogP contribution in [0.25, 0.3) is 33.6 Å². The van der Waals surface area contributed by atoms with Gasteiger partial charge in [-0.05, 0) is 24.6 Å². The molecular weight excluding hydrogens is 356 g/mol. The van der Waals surface area contributed by atoms with E-state index in [1.54, 1.807) is 14.0 Å². The van der Waals surface area contributed by atoms with Crippen LogP contribution in [0.2, 0.25) is 0 Å². The largest absolute Gasteiger partial charge is 0.497 e. The Labute approximate surface area is 162 Å². The number of aliphatic hydroxyl groups is 1. The summed E-state index contributed by atoms with van der Waals surface area (Å²) in [6, 6.07) is 17.5. The molecule has 0 radical (unpaired) electrons. The normalized spacial score (nSPS) is 12.1. The van der Waals surface area contributed by atoms with Crippen LogP contribution in [0.3, 0.4) is 0 Å². The van der Waals surface area contributed by atoms with Crippen molar-refractivity contribution in [3.8, 4) is 34.1 Å². The highest BCUT2D eigenvalue weighted by molar-refractivity contribution is 6.03. The van der Waals surface area contributed by atoms with Crippen LogP contribution in [0, 0.1) is 0 Å². The molecule has 1 atom stereocenters. The van der Waals surface area contributed by atoms with Crippen LogP contribution < -0.4 is 9.47 Å². The van der Waals surface area contributed by atoms with Crippen molar-refractivity contribution < 1.29 is 19.0 Å². The molecule has 2 heterocycles. The highest BCUT2D eigenvalue weighted by Gasteiger charge is 2.23. The van der Waals surface area contributed by atoms with Gasteiger partial charge < -0.3 is 19.0 Å². The van der Waals surface area contributed by atoms with E-state index in [2.05, 4.69) is 9.97 Å². The summed E-state index contributed by atoms with van der Waals surface area (Å²) in [5.41, 5.74) is 3.12. The van der Waals surface area contributed by atoms with Crippen molar-refractivity contribution in [2.75, 3.05) is 13.7 Å². The van der Waals surface area contributed by atoms with Crippen LogP contribution in [0.5, 0.6) is 11.6 Å². The molecule has 2 aromatic heterocycles. The molecular formula is C22H20N2O4. The van der Waals surface area contributed by atoms with Gasteiger partial charge in [-0.1, -0.05) is 42.5 Å². The van der Waals surface area contributed by atoms with Gasteiger partial charge in [0.25, 0.3) is 0 Å². The molecule has 4 aromatic rings. The number of ether oxygens (including phenoxy) is 2. The van der Waals surface area contributed by atoms with E-state index in [4.69, 9.17) is 13.9 Å². The molecule has 2 aromatic carbocycles. The third-order valence-electron chi connectivity index (χ3n) is 4.44. The quantitative estimate of drug-likeness (QED) is 0.540. The molecule has 0 saturated heterocycles. The molecule has 0 bridgehead atoms. The number of fused-ring (bicyclic) bond motifs is 1. The van der Waals surface area contributed by atoms with Crippen LogP contribution in [0.15, 0.2) is 65.3 Å². The van der Waals surface area contributed by atoms with Crippen molar-refractivity contribution in [1.29, 1.82) is 0 Å². The van der Waals surface area contributed by atoms with Crippen LogP contribution in [-0.4, -0.2) is 34.9 Å². The molecule has 0 fully saturated rings. The van der Waals surface area contributed by atoms with Crippen LogP contribution in [-0.2, 0) is 0 Å². The molecule has 0 aliphatic heterocycles. The maximum atomic E-state index is 9.39. The first kappa shape index (κ1) is 18.0. The molecule has 0 saturated carbocycles. The summed E-state index contributed by atoms with van der Waals surface area (Å²) in [7, 11) is 1.63. The zero-order valence-electron chi connectivity index (χ0n) is 15.6. The second kappa shape index (κ2) is 7.70. The molecule has 0 unspecified atom stereocenters. The molecule has 0 amide bonds. The third-order valence-corrected chi connectivity index (χ3v) is 4.44. The minimum Gasteiger partial charge on any atom is -0.497 e. The number of benzene rings is 2. The summed E-state index contributed by atoms with van der Waals surface area (Å²) in [4.78, 5) is 8.59. The molecule has 6 heteroatoms. The Morgan fingerprint density at radius 2 is 1.75 bits per heavy atom. The molecule has 1 N–H and O–H groups in total. The summed E-state index contributed by atoms with van der Waals surface area (Å²) >= 11 is 0. The van der Waals surface area contributed by atoms with Gasteiger partial charge in [-0.25, -0.2) is 9.97 Å². The Morgan fingerprint density at radius 1 is 1.00 bits per heavy atom. The second-order valence-electron chi connectivity index (χ2n) is 6.37. The van der Waals surface area contributed by atoms with Crippen LogP contribution in [0.4, 0.5) is 0 Å². The lowest BCUT2D eigenvalue weighted by Gasteiger charge is -2.12. The van der Waals surface area contributed by atoms with Gasteiger partial charge in [0.2, 0.25) is 11.6 Å². The topological polar surface area (TPSA) is 77.6 Å². The van der Waals surface area contributed by atoms with Gasteiger partial charge in [0, 0.05) is 11.1 Å². The van der Waals surface area contributed by atoms with Gasteiger partial charge in [0.1, 0.15) is 29.3 Å². The molecule has 6 nitrogen and oxygen atoms in total. The summed E-state index contributed by atoms with van der Waals surface area (Å²) in [5, 5.41) is 10.1. The molecule has 4 rings (SSSR count). The second-order valence-corrected chi connectivity index (χ2v) is 6.37. The van der Waals surface area contributed by atoms with E-state index >= 15 is 0 Å². The van der Waals surface area contributed by atoms with E-state index in [1.165, 1.54) is 6.33 Å². The van der Waals surface area contributed by atoms with Gasteiger partial charge in [0.15, 0.2) is 0 Å². The number of hydrogen-bond acceptors (Lipinski definition) is 6. The summed E-state index contributed by atoms with van der Waals surface area (Å²) in [6.45, 7) is 1.66. The third kappa shape index (κ3) is 3.30. The first-order chi connectivity index (χ1) is 13.7. The first-order valence-electron chi connectivity index (χ1n) is 8.96. The van der Waals surface area contributed by atoms with Gasteiger partial charge in [-0.15, -0.1) is 0 Å². The standard InChI is InChI=1S/C22H20N2O4/c1-14(12-25)27-21-19-18(15-8-10-17(26-2)11-9-15)20(16-6-4-3-5-7-16)28-22(19)24-13-23-21/h3-11,13-14,25H,12H2,1-2H3/t14-/m1/s1. The number of furan rings is 1. The average molecular weight is 376 g/mol. The smallest absolute Gasteiger partial charge is 0.234 e. The van der Waals surface area contributed by atoms with Crippen molar-refractivity contribution in [2.24, 2.45) is 0 Å². The minimum atomic E-state index is -0.406. The predicted octanol–water partition coefficient (Wildman–Crippen LogP) is 4.33. The Morgan fingerprint density at radius 3 is 2.43 bits per heavy atom. The Hall–Kier alpha value is -3.38. The van der Waals surface area contributed by atoms with E-state index in [0.29, 0.717) is 22.7 Å². The fourth-order valence-corrected chi connectivity index (χ4v) is 3.05. The minimum absolute atomic E-state index is 0.118. The lowest BCUT2D eigenvalue weighted by atomic mass is 9.99.